The maximum Gasteiger partial charge on any atom is 0.248 e. The molecule has 2 rings (SSSR count). The van der Waals surface area contributed by atoms with Crippen molar-refractivity contribution in [1.29, 1.82) is 0 Å². The monoisotopic (exact) mass is 233 g/mol. The van der Waals surface area contributed by atoms with Crippen molar-refractivity contribution in [2.75, 3.05) is 11.9 Å². The lowest BCUT2D eigenvalue weighted by molar-refractivity contribution is -0.131. The number of carbonyl (C=O) groups is 2. The first-order valence-electron chi connectivity index (χ1n) is 5.74. The molecule has 1 aromatic rings. The van der Waals surface area contributed by atoms with Crippen LogP contribution in [0, 0.1) is 0 Å². The van der Waals surface area contributed by atoms with Crippen LogP contribution in [0.1, 0.15) is 19.3 Å². The fourth-order valence-electron chi connectivity index (χ4n) is 2.01. The van der Waals surface area contributed by atoms with Crippen molar-refractivity contribution in [1.82, 2.24) is 9.88 Å². The summed E-state index contributed by atoms with van der Waals surface area (Å²) in [6.07, 6.45) is 5.03. The van der Waals surface area contributed by atoms with E-state index >= 15 is 0 Å². The number of piperidine rings is 1. The summed E-state index contributed by atoms with van der Waals surface area (Å²) in [5.74, 6) is 0.365. The zero-order valence-electron chi connectivity index (χ0n) is 9.50. The van der Waals surface area contributed by atoms with Gasteiger partial charge in [-0.1, -0.05) is 6.07 Å². The lowest BCUT2D eigenvalue weighted by Crippen LogP contribution is -2.46. The summed E-state index contributed by atoms with van der Waals surface area (Å²) >= 11 is 0. The Labute approximate surface area is 99.8 Å². The van der Waals surface area contributed by atoms with Gasteiger partial charge in [0.2, 0.25) is 12.3 Å². The van der Waals surface area contributed by atoms with Crippen molar-refractivity contribution in [3.05, 3.63) is 24.4 Å². The molecule has 0 aliphatic carbocycles. The standard InChI is InChI=1S/C12H15N3O2/c16-9-15-8-4-2-5-10(15)12(17)14-11-6-1-3-7-13-11/h1,3,6-7,9-10H,2,4-5,8H2,(H,13,14,17)/t10-/m0/s1. The van der Waals surface area contributed by atoms with Crippen molar-refractivity contribution in [2.24, 2.45) is 0 Å². The van der Waals surface area contributed by atoms with E-state index in [0.717, 1.165) is 25.7 Å². The molecule has 1 saturated heterocycles. The Kier molecular flexibility index (Phi) is 3.69. The van der Waals surface area contributed by atoms with Crippen LogP contribution in [0.15, 0.2) is 24.4 Å². The fourth-order valence-corrected chi connectivity index (χ4v) is 2.01. The molecule has 1 N–H and O–H groups in total. The van der Waals surface area contributed by atoms with E-state index in [1.165, 1.54) is 0 Å². The Balaban J connectivity index is 2.01. The number of amides is 2. The molecule has 2 amide bonds. The van der Waals surface area contributed by atoms with Gasteiger partial charge in [0, 0.05) is 12.7 Å². The second-order valence-electron chi connectivity index (χ2n) is 4.06. The third-order valence-corrected chi connectivity index (χ3v) is 2.90. The van der Waals surface area contributed by atoms with Gasteiger partial charge in [-0.15, -0.1) is 0 Å². The number of nitrogens with one attached hydrogen (secondary N) is 1. The number of rotatable bonds is 3. The molecule has 0 radical (unpaired) electrons. The number of pyridine rings is 1. The van der Waals surface area contributed by atoms with E-state index in [1.54, 1.807) is 29.3 Å². The summed E-state index contributed by atoms with van der Waals surface area (Å²) < 4.78 is 0. The Bertz CT molecular complexity index is 394. The summed E-state index contributed by atoms with van der Waals surface area (Å²) in [4.78, 5) is 28.4. The van der Waals surface area contributed by atoms with Crippen LogP contribution in [-0.4, -0.2) is 34.8 Å². The molecule has 1 atom stereocenters. The second-order valence-corrected chi connectivity index (χ2v) is 4.06. The first-order valence-corrected chi connectivity index (χ1v) is 5.74. The summed E-state index contributed by atoms with van der Waals surface area (Å²) in [5.41, 5.74) is 0. The quantitative estimate of drug-likeness (QED) is 0.793. The van der Waals surface area contributed by atoms with Gasteiger partial charge in [-0.2, -0.15) is 0 Å². The first-order chi connectivity index (χ1) is 8.31. The Morgan fingerprint density at radius 2 is 2.35 bits per heavy atom. The Morgan fingerprint density at radius 3 is 3.06 bits per heavy atom. The predicted octanol–water partition coefficient (Wildman–Crippen LogP) is 1.03. The van der Waals surface area contributed by atoms with Crippen LogP contribution in [0.2, 0.25) is 0 Å². The molecule has 0 aromatic carbocycles. The molecule has 17 heavy (non-hydrogen) atoms. The van der Waals surface area contributed by atoms with Crippen molar-refractivity contribution in [2.45, 2.75) is 25.3 Å². The smallest absolute Gasteiger partial charge is 0.248 e. The van der Waals surface area contributed by atoms with Gasteiger partial charge in [0.05, 0.1) is 0 Å². The number of anilines is 1. The van der Waals surface area contributed by atoms with E-state index in [0.29, 0.717) is 12.4 Å². The van der Waals surface area contributed by atoms with Crippen LogP contribution in [0.4, 0.5) is 5.82 Å². The van der Waals surface area contributed by atoms with Crippen LogP contribution < -0.4 is 5.32 Å². The number of hydrogen-bond acceptors (Lipinski definition) is 3. The minimum atomic E-state index is -0.358. The van der Waals surface area contributed by atoms with E-state index in [4.69, 9.17) is 0 Å². The first kappa shape index (κ1) is 11.6. The maximum absolute atomic E-state index is 12.0. The molecule has 0 saturated carbocycles. The summed E-state index contributed by atoms with van der Waals surface area (Å²) in [6, 6.07) is 4.96. The minimum Gasteiger partial charge on any atom is -0.333 e. The maximum atomic E-state index is 12.0. The molecule has 1 fully saturated rings. The average molecular weight is 233 g/mol. The van der Waals surface area contributed by atoms with Gasteiger partial charge in [0.15, 0.2) is 0 Å². The third-order valence-electron chi connectivity index (χ3n) is 2.90. The number of likely N-dealkylation sites (tertiary alicyclic amines) is 1. The summed E-state index contributed by atoms with van der Waals surface area (Å²) in [6.45, 7) is 0.657. The highest BCUT2D eigenvalue weighted by atomic mass is 16.2. The van der Waals surface area contributed by atoms with Crippen molar-refractivity contribution >= 4 is 18.1 Å². The lowest BCUT2D eigenvalue weighted by atomic mass is 10.0. The normalized spacial score (nSPS) is 19.8. The SMILES string of the molecule is O=CN1CCCC[C@H]1C(=O)Nc1ccccn1. The van der Waals surface area contributed by atoms with Crippen LogP contribution >= 0.6 is 0 Å². The highest BCUT2D eigenvalue weighted by molar-refractivity contribution is 5.95. The zero-order valence-corrected chi connectivity index (χ0v) is 9.50. The van der Waals surface area contributed by atoms with Crippen LogP contribution in [0.5, 0.6) is 0 Å². The zero-order chi connectivity index (χ0) is 12.1. The van der Waals surface area contributed by atoms with Gasteiger partial charge in [-0.25, -0.2) is 4.98 Å². The molecule has 0 spiro atoms. The van der Waals surface area contributed by atoms with Gasteiger partial charge in [0.1, 0.15) is 11.9 Å². The highest BCUT2D eigenvalue weighted by Crippen LogP contribution is 2.16. The molecular weight excluding hydrogens is 218 g/mol. The number of hydrogen-bond donors (Lipinski definition) is 1. The predicted molar refractivity (Wildman–Crippen MR) is 63.3 cm³/mol. The molecule has 5 nitrogen and oxygen atoms in total. The lowest BCUT2D eigenvalue weighted by Gasteiger charge is -2.31. The van der Waals surface area contributed by atoms with Crippen molar-refractivity contribution in [3.63, 3.8) is 0 Å². The minimum absolute atomic E-state index is 0.157. The van der Waals surface area contributed by atoms with Crippen molar-refractivity contribution in [3.8, 4) is 0 Å². The van der Waals surface area contributed by atoms with E-state index in [1.807, 2.05) is 0 Å². The van der Waals surface area contributed by atoms with Gasteiger partial charge < -0.3 is 10.2 Å². The summed E-state index contributed by atoms with van der Waals surface area (Å²) in [7, 11) is 0. The molecule has 2 heterocycles. The van der Waals surface area contributed by atoms with Crippen LogP contribution in [0.3, 0.4) is 0 Å². The van der Waals surface area contributed by atoms with Crippen LogP contribution in [-0.2, 0) is 9.59 Å². The number of carbonyl (C=O) groups excluding carboxylic acids is 2. The third kappa shape index (κ3) is 2.81. The van der Waals surface area contributed by atoms with Crippen molar-refractivity contribution < 1.29 is 9.59 Å². The average Bonchev–Trinajstić information content (AvgIpc) is 2.40. The largest absolute Gasteiger partial charge is 0.333 e. The topological polar surface area (TPSA) is 62.3 Å². The molecule has 1 aliphatic heterocycles. The fraction of sp³-hybridized carbons (Fsp3) is 0.417. The second kappa shape index (κ2) is 5.43. The molecule has 5 heteroatoms. The Hall–Kier alpha value is -1.91. The van der Waals surface area contributed by atoms with E-state index < -0.39 is 0 Å². The molecule has 1 aromatic heterocycles. The Morgan fingerprint density at radius 1 is 1.47 bits per heavy atom. The number of nitrogens with zero attached hydrogens (tertiary/aromatic N) is 2. The van der Waals surface area contributed by atoms with E-state index in [2.05, 4.69) is 10.3 Å². The molecule has 0 bridgehead atoms. The summed E-state index contributed by atoms with van der Waals surface area (Å²) in [5, 5.41) is 2.73. The van der Waals surface area contributed by atoms with E-state index in [-0.39, 0.29) is 11.9 Å². The van der Waals surface area contributed by atoms with E-state index in [9.17, 15) is 9.59 Å². The van der Waals surface area contributed by atoms with Crippen LogP contribution in [0.25, 0.3) is 0 Å². The molecule has 0 unspecified atom stereocenters. The molecule has 90 valence electrons. The van der Waals surface area contributed by atoms with Gasteiger partial charge in [-0.05, 0) is 31.4 Å². The highest BCUT2D eigenvalue weighted by Gasteiger charge is 2.27. The van der Waals surface area contributed by atoms with Gasteiger partial charge in [-0.3, -0.25) is 9.59 Å². The van der Waals surface area contributed by atoms with Gasteiger partial charge in [0.25, 0.3) is 0 Å². The number of aromatic nitrogens is 1. The van der Waals surface area contributed by atoms with Gasteiger partial charge >= 0.3 is 0 Å². The molecular formula is C12H15N3O2. The molecule has 1 aliphatic rings.